The maximum atomic E-state index is 12.9. The Kier molecular flexibility index (Phi) is 6.84. The van der Waals surface area contributed by atoms with Crippen molar-refractivity contribution < 1.29 is 18.3 Å². The van der Waals surface area contributed by atoms with Gasteiger partial charge in [-0.2, -0.15) is 0 Å². The van der Waals surface area contributed by atoms with Gasteiger partial charge in [0.1, 0.15) is 4.90 Å². The van der Waals surface area contributed by atoms with Gasteiger partial charge in [-0.05, 0) is 44.4 Å². The minimum atomic E-state index is -3.78. The van der Waals surface area contributed by atoms with E-state index in [1.807, 2.05) is 6.92 Å². The van der Waals surface area contributed by atoms with E-state index in [0.717, 1.165) is 44.9 Å². The molecule has 2 rings (SSSR count). The summed E-state index contributed by atoms with van der Waals surface area (Å²) in [5.74, 6) is -1.14. The van der Waals surface area contributed by atoms with Crippen LogP contribution in [0.5, 0.6) is 0 Å². The summed E-state index contributed by atoms with van der Waals surface area (Å²) in [5.41, 5.74) is 0.423. The second-order valence-electron chi connectivity index (χ2n) is 6.81. The number of aromatic carboxylic acids is 1. The molecule has 1 aromatic carbocycles. The molecule has 6 nitrogen and oxygen atoms in total. The van der Waals surface area contributed by atoms with E-state index in [2.05, 4.69) is 17.0 Å². The van der Waals surface area contributed by atoms with Gasteiger partial charge < -0.3 is 10.4 Å². The third-order valence-corrected chi connectivity index (χ3v) is 6.13. The number of sulfonamides is 1. The highest BCUT2D eigenvalue weighted by molar-refractivity contribution is 7.89. The molecule has 0 aromatic heterocycles. The summed E-state index contributed by atoms with van der Waals surface area (Å²) >= 11 is 0. The lowest BCUT2D eigenvalue weighted by Crippen LogP contribution is -2.36. The first kappa shape index (κ1) is 19.7. The van der Waals surface area contributed by atoms with Crippen molar-refractivity contribution in [2.24, 2.45) is 0 Å². The topological polar surface area (TPSA) is 95.5 Å². The molecule has 0 spiro atoms. The Balaban J connectivity index is 2.33. The Morgan fingerprint density at radius 2 is 1.96 bits per heavy atom. The smallest absolute Gasteiger partial charge is 0.335 e. The molecule has 0 bridgehead atoms. The highest BCUT2D eigenvalue weighted by Gasteiger charge is 2.25. The van der Waals surface area contributed by atoms with Crippen LogP contribution in [-0.4, -0.2) is 31.6 Å². The van der Waals surface area contributed by atoms with Crippen LogP contribution in [0.1, 0.15) is 69.2 Å². The molecule has 3 N–H and O–H groups in total. The first-order chi connectivity index (χ1) is 11.8. The second-order valence-corrected chi connectivity index (χ2v) is 8.49. The SMILES string of the molecule is CCCC(C)Nc1ccc(C(=O)O)cc1S(=O)(=O)NC1CCCCC1. The Labute approximate surface area is 150 Å². The van der Waals surface area contributed by atoms with E-state index in [-0.39, 0.29) is 22.5 Å². The average Bonchev–Trinajstić information content (AvgIpc) is 2.55. The minimum absolute atomic E-state index is 0.0147. The summed E-state index contributed by atoms with van der Waals surface area (Å²) in [6, 6.07) is 4.25. The maximum absolute atomic E-state index is 12.9. The van der Waals surface area contributed by atoms with Gasteiger partial charge in [-0.15, -0.1) is 0 Å². The third-order valence-electron chi connectivity index (χ3n) is 4.57. The lowest BCUT2D eigenvalue weighted by atomic mass is 9.96. The third kappa shape index (κ3) is 5.44. The van der Waals surface area contributed by atoms with Crippen molar-refractivity contribution in [3.63, 3.8) is 0 Å². The van der Waals surface area contributed by atoms with Crippen molar-refractivity contribution in [3.05, 3.63) is 23.8 Å². The van der Waals surface area contributed by atoms with Gasteiger partial charge in [-0.1, -0.05) is 32.6 Å². The van der Waals surface area contributed by atoms with Crippen molar-refractivity contribution in [2.75, 3.05) is 5.32 Å². The molecule has 1 fully saturated rings. The van der Waals surface area contributed by atoms with Gasteiger partial charge in [0.05, 0.1) is 11.3 Å². The molecule has 0 heterocycles. The van der Waals surface area contributed by atoms with Gasteiger partial charge in [-0.3, -0.25) is 0 Å². The number of benzene rings is 1. The number of rotatable bonds is 8. The molecule has 0 amide bonds. The highest BCUT2D eigenvalue weighted by atomic mass is 32.2. The fourth-order valence-electron chi connectivity index (χ4n) is 3.27. The zero-order valence-electron chi connectivity index (χ0n) is 14.9. The number of anilines is 1. The molecular formula is C18H28N2O4S. The van der Waals surface area contributed by atoms with E-state index < -0.39 is 16.0 Å². The Morgan fingerprint density at radius 3 is 2.56 bits per heavy atom. The molecule has 1 aliphatic carbocycles. The van der Waals surface area contributed by atoms with Gasteiger partial charge in [0, 0.05) is 12.1 Å². The maximum Gasteiger partial charge on any atom is 0.335 e. The lowest BCUT2D eigenvalue weighted by molar-refractivity contribution is 0.0696. The molecule has 0 radical (unpaired) electrons. The van der Waals surface area contributed by atoms with Crippen LogP contribution in [0.2, 0.25) is 0 Å². The van der Waals surface area contributed by atoms with Gasteiger partial charge in [0.15, 0.2) is 0 Å². The van der Waals surface area contributed by atoms with Crippen molar-refractivity contribution >= 4 is 21.7 Å². The van der Waals surface area contributed by atoms with E-state index in [9.17, 15) is 18.3 Å². The molecule has 1 aliphatic rings. The Bertz CT molecular complexity index is 697. The molecule has 25 heavy (non-hydrogen) atoms. The number of carboxylic acid groups (broad SMARTS) is 1. The minimum Gasteiger partial charge on any atom is -0.478 e. The summed E-state index contributed by atoms with van der Waals surface area (Å²) in [4.78, 5) is 11.3. The molecule has 0 aliphatic heterocycles. The highest BCUT2D eigenvalue weighted by Crippen LogP contribution is 2.26. The van der Waals surface area contributed by atoms with Crippen LogP contribution < -0.4 is 10.0 Å². The van der Waals surface area contributed by atoms with E-state index in [0.29, 0.717) is 5.69 Å². The van der Waals surface area contributed by atoms with Crippen LogP contribution in [0, 0.1) is 0 Å². The van der Waals surface area contributed by atoms with E-state index in [4.69, 9.17) is 0 Å². The van der Waals surface area contributed by atoms with Crippen molar-refractivity contribution in [1.82, 2.24) is 4.72 Å². The summed E-state index contributed by atoms with van der Waals surface area (Å²) < 4.78 is 28.5. The average molecular weight is 368 g/mol. The van der Waals surface area contributed by atoms with E-state index >= 15 is 0 Å². The van der Waals surface area contributed by atoms with Crippen LogP contribution in [0.3, 0.4) is 0 Å². The quantitative estimate of drug-likeness (QED) is 0.652. The molecule has 1 unspecified atom stereocenters. The van der Waals surface area contributed by atoms with Gasteiger partial charge in [-0.25, -0.2) is 17.9 Å². The van der Waals surface area contributed by atoms with Crippen molar-refractivity contribution in [3.8, 4) is 0 Å². The number of carboxylic acids is 1. The van der Waals surface area contributed by atoms with Gasteiger partial charge in [0.25, 0.3) is 0 Å². The first-order valence-corrected chi connectivity index (χ1v) is 10.5. The zero-order chi connectivity index (χ0) is 18.4. The molecule has 7 heteroatoms. The second kappa shape index (κ2) is 8.67. The summed E-state index contributed by atoms with van der Waals surface area (Å²) in [5, 5.41) is 12.4. The summed E-state index contributed by atoms with van der Waals surface area (Å²) in [6.45, 7) is 4.05. The fourth-order valence-corrected chi connectivity index (χ4v) is 4.77. The summed E-state index contributed by atoms with van der Waals surface area (Å²) in [6.07, 6.45) is 6.69. The molecule has 1 atom stereocenters. The molecular weight excluding hydrogens is 340 g/mol. The number of hydrogen-bond acceptors (Lipinski definition) is 4. The van der Waals surface area contributed by atoms with Crippen LogP contribution in [0.15, 0.2) is 23.1 Å². The lowest BCUT2D eigenvalue weighted by Gasteiger charge is -2.24. The monoisotopic (exact) mass is 368 g/mol. The van der Waals surface area contributed by atoms with Crippen LogP contribution in [0.25, 0.3) is 0 Å². The van der Waals surface area contributed by atoms with Crippen molar-refractivity contribution in [2.45, 2.75) is 75.8 Å². The number of hydrogen-bond donors (Lipinski definition) is 3. The van der Waals surface area contributed by atoms with Crippen LogP contribution >= 0.6 is 0 Å². The summed E-state index contributed by atoms with van der Waals surface area (Å²) in [7, 11) is -3.78. The zero-order valence-corrected chi connectivity index (χ0v) is 15.7. The molecule has 1 saturated carbocycles. The molecule has 140 valence electrons. The Morgan fingerprint density at radius 1 is 1.28 bits per heavy atom. The molecule has 0 saturated heterocycles. The molecule has 1 aromatic rings. The first-order valence-electron chi connectivity index (χ1n) is 8.99. The van der Waals surface area contributed by atoms with Crippen LogP contribution in [0.4, 0.5) is 5.69 Å². The van der Waals surface area contributed by atoms with Crippen LogP contribution in [-0.2, 0) is 10.0 Å². The fraction of sp³-hybridized carbons (Fsp3) is 0.611. The van der Waals surface area contributed by atoms with E-state index in [1.54, 1.807) is 6.07 Å². The predicted molar refractivity (Wildman–Crippen MR) is 98.6 cm³/mol. The normalized spacial score (nSPS) is 17.2. The largest absolute Gasteiger partial charge is 0.478 e. The number of nitrogens with one attached hydrogen (secondary N) is 2. The Hall–Kier alpha value is -1.60. The standard InChI is InChI=1S/C18H28N2O4S/c1-3-7-13(2)19-16-11-10-14(18(21)22)12-17(16)25(23,24)20-15-8-5-4-6-9-15/h10-13,15,19-20H,3-9H2,1-2H3,(H,21,22). The van der Waals surface area contributed by atoms with Gasteiger partial charge >= 0.3 is 5.97 Å². The van der Waals surface area contributed by atoms with E-state index in [1.165, 1.54) is 12.1 Å². The van der Waals surface area contributed by atoms with Crippen molar-refractivity contribution in [1.29, 1.82) is 0 Å². The van der Waals surface area contributed by atoms with Gasteiger partial charge in [0.2, 0.25) is 10.0 Å². The predicted octanol–water partition coefficient (Wildman–Crippen LogP) is 3.60. The number of carbonyl (C=O) groups is 1.